The molecular formula is C14H27Cl. The largest absolute Gasteiger partial charge is 0.123 e. The fourth-order valence-corrected chi connectivity index (χ4v) is 3.66. The highest BCUT2D eigenvalue weighted by molar-refractivity contribution is 6.20. The van der Waals surface area contributed by atoms with Gasteiger partial charge in [0.2, 0.25) is 0 Å². The van der Waals surface area contributed by atoms with Crippen LogP contribution in [0, 0.1) is 17.3 Å². The molecule has 1 aliphatic rings. The average Bonchev–Trinajstić information content (AvgIpc) is 2.16. The average molecular weight is 231 g/mol. The van der Waals surface area contributed by atoms with E-state index in [9.17, 15) is 0 Å². The van der Waals surface area contributed by atoms with Crippen molar-refractivity contribution in [1.82, 2.24) is 0 Å². The fourth-order valence-electron chi connectivity index (χ4n) is 3.26. The first-order valence-electron chi connectivity index (χ1n) is 6.59. The van der Waals surface area contributed by atoms with E-state index < -0.39 is 0 Å². The van der Waals surface area contributed by atoms with Crippen molar-refractivity contribution in [3.63, 3.8) is 0 Å². The molecule has 0 aromatic heterocycles. The van der Waals surface area contributed by atoms with E-state index in [2.05, 4.69) is 27.7 Å². The molecule has 0 radical (unpaired) electrons. The minimum absolute atomic E-state index is 0.321. The van der Waals surface area contributed by atoms with Crippen molar-refractivity contribution in [2.75, 3.05) is 0 Å². The van der Waals surface area contributed by atoms with Gasteiger partial charge in [0.15, 0.2) is 0 Å². The van der Waals surface area contributed by atoms with Gasteiger partial charge in [-0.1, -0.05) is 40.0 Å². The predicted octanol–water partition coefficient (Wildman–Crippen LogP) is 5.25. The maximum Gasteiger partial charge on any atom is 0.0313 e. The first-order chi connectivity index (χ1) is 6.95. The lowest BCUT2D eigenvalue weighted by molar-refractivity contribution is 0.114. The van der Waals surface area contributed by atoms with Gasteiger partial charge in [-0.3, -0.25) is 0 Å². The molecule has 0 aromatic rings. The van der Waals surface area contributed by atoms with Crippen LogP contribution in [0.2, 0.25) is 0 Å². The Hall–Kier alpha value is 0.290. The molecule has 0 amide bonds. The molecule has 3 unspecified atom stereocenters. The van der Waals surface area contributed by atoms with Gasteiger partial charge in [0.25, 0.3) is 0 Å². The summed E-state index contributed by atoms with van der Waals surface area (Å²) < 4.78 is 0. The van der Waals surface area contributed by atoms with Crippen LogP contribution in [0.5, 0.6) is 0 Å². The maximum atomic E-state index is 6.15. The molecule has 1 rings (SSSR count). The summed E-state index contributed by atoms with van der Waals surface area (Å²) in [4.78, 5) is 0. The van der Waals surface area contributed by atoms with Crippen molar-refractivity contribution in [3.05, 3.63) is 0 Å². The van der Waals surface area contributed by atoms with Crippen molar-refractivity contribution in [2.45, 2.75) is 71.6 Å². The van der Waals surface area contributed by atoms with Gasteiger partial charge >= 0.3 is 0 Å². The molecule has 15 heavy (non-hydrogen) atoms. The molecule has 90 valence electrons. The van der Waals surface area contributed by atoms with Crippen LogP contribution >= 0.6 is 11.6 Å². The second-order valence-electron chi connectivity index (χ2n) is 6.11. The monoisotopic (exact) mass is 230 g/mol. The van der Waals surface area contributed by atoms with Gasteiger partial charge in [-0.05, 0) is 43.4 Å². The quantitative estimate of drug-likeness (QED) is 0.579. The van der Waals surface area contributed by atoms with Gasteiger partial charge in [0.05, 0.1) is 0 Å². The summed E-state index contributed by atoms with van der Waals surface area (Å²) in [6.45, 7) is 9.29. The van der Waals surface area contributed by atoms with Gasteiger partial charge in [-0.2, -0.15) is 0 Å². The smallest absolute Gasteiger partial charge is 0.0313 e. The van der Waals surface area contributed by atoms with Gasteiger partial charge in [0.1, 0.15) is 0 Å². The Bertz CT molecular complexity index is 184. The van der Waals surface area contributed by atoms with E-state index in [1.807, 2.05) is 0 Å². The summed E-state index contributed by atoms with van der Waals surface area (Å²) in [6, 6.07) is 0. The minimum Gasteiger partial charge on any atom is -0.123 e. The molecule has 0 N–H and O–H groups in total. The van der Waals surface area contributed by atoms with Crippen molar-refractivity contribution in [1.29, 1.82) is 0 Å². The van der Waals surface area contributed by atoms with Crippen LogP contribution in [-0.4, -0.2) is 5.38 Å². The SMILES string of the molecule is CCC1CCCC(C(C)(C)CC(C)Cl)C1. The lowest BCUT2D eigenvalue weighted by Crippen LogP contribution is -2.31. The third-order valence-corrected chi connectivity index (χ3v) is 4.43. The molecular weight excluding hydrogens is 204 g/mol. The van der Waals surface area contributed by atoms with Gasteiger partial charge < -0.3 is 0 Å². The van der Waals surface area contributed by atoms with E-state index in [0.717, 1.165) is 18.3 Å². The van der Waals surface area contributed by atoms with E-state index in [0.29, 0.717) is 10.8 Å². The predicted molar refractivity (Wildman–Crippen MR) is 69.5 cm³/mol. The summed E-state index contributed by atoms with van der Waals surface area (Å²) in [7, 11) is 0. The zero-order valence-electron chi connectivity index (χ0n) is 10.9. The summed E-state index contributed by atoms with van der Waals surface area (Å²) in [6.07, 6.45) is 8.28. The molecule has 3 atom stereocenters. The molecule has 0 nitrogen and oxygen atoms in total. The maximum absolute atomic E-state index is 6.15. The Morgan fingerprint density at radius 2 is 2.00 bits per heavy atom. The molecule has 1 heteroatoms. The lowest BCUT2D eigenvalue weighted by atomic mass is 9.66. The zero-order valence-corrected chi connectivity index (χ0v) is 11.6. The van der Waals surface area contributed by atoms with Gasteiger partial charge in [-0.15, -0.1) is 11.6 Å². The Kier molecular flexibility index (Phi) is 4.96. The molecule has 1 aliphatic carbocycles. The number of hydrogen-bond donors (Lipinski definition) is 0. The van der Waals surface area contributed by atoms with E-state index in [-0.39, 0.29) is 0 Å². The van der Waals surface area contributed by atoms with E-state index in [1.54, 1.807) is 0 Å². The second kappa shape index (κ2) is 5.57. The van der Waals surface area contributed by atoms with Crippen LogP contribution < -0.4 is 0 Å². The molecule has 1 fully saturated rings. The van der Waals surface area contributed by atoms with Crippen LogP contribution in [0.15, 0.2) is 0 Å². The fraction of sp³-hybridized carbons (Fsp3) is 1.00. The molecule has 0 spiro atoms. The summed E-state index contributed by atoms with van der Waals surface area (Å²) in [5, 5.41) is 0.321. The Labute approximate surface area is 101 Å². The van der Waals surface area contributed by atoms with Gasteiger partial charge in [0, 0.05) is 5.38 Å². The molecule has 0 bridgehead atoms. The normalized spacial score (nSPS) is 30.2. The number of hydrogen-bond acceptors (Lipinski definition) is 0. The number of halogens is 1. The van der Waals surface area contributed by atoms with Crippen molar-refractivity contribution < 1.29 is 0 Å². The van der Waals surface area contributed by atoms with E-state index >= 15 is 0 Å². The molecule has 0 heterocycles. The van der Waals surface area contributed by atoms with Crippen LogP contribution in [0.1, 0.15) is 66.2 Å². The van der Waals surface area contributed by atoms with Crippen molar-refractivity contribution in [2.24, 2.45) is 17.3 Å². The third-order valence-electron chi connectivity index (χ3n) is 4.27. The highest BCUT2D eigenvalue weighted by Crippen LogP contribution is 2.44. The van der Waals surface area contributed by atoms with Crippen molar-refractivity contribution in [3.8, 4) is 0 Å². The summed E-state index contributed by atoms with van der Waals surface area (Å²) in [5.74, 6) is 1.88. The first kappa shape index (κ1) is 13.4. The first-order valence-corrected chi connectivity index (χ1v) is 7.03. The highest BCUT2D eigenvalue weighted by Gasteiger charge is 2.33. The number of rotatable bonds is 4. The molecule has 0 aliphatic heterocycles. The Balaban J connectivity index is 2.53. The van der Waals surface area contributed by atoms with E-state index in [1.165, 1.54) is 32.1 Å². The summed E-state index contributed by atoms with van der Waals surface area (Å²) in [5.41, 5.74) is 0.439. The van der Waals surface area contributed by atoms with Crippen LogP contribution in [0.4, 0.5) is 0 Å². The summed E-state index contributed by atoms with van der Waals surface area (Å²) >= 11 is 6.15. The number of alkyl halides is 1. The Morgan fingerprint density at radius 3 is 2.53 bits per heavy atom. The third kappa shape index (κ3) is 3.98. The van der Waals surface area contributed by atoms with Crippen molar-refractivity contribution >= 4 is 11.6 Å². The second-order valence-corrected chi connectivity index (χ2v) is 6.86. The van der Waals surface area contributed by atoms with Crippen LogP contribution in [0.25, 0.3) is 0 Å². The standard InChI is InChI=1S/C14H27Cl/c1-5-12-7-6-8-13(9-12)14(3,4)10-11(2)15/h11-13H,5-10H2,1-4H3. The highest BCUT2D eigenvalue weighted by atomic mass is 35.5. The van der Waals surface area contributed by atoms with Crippen LogP contribution in [0.3, 0.4) is 0 Å². The molecule has 1 saturated carbocycles. The van der Waals surface area contributed by atoms with Crippen LogP contribution in [-0.2, 0) is 0 Å². The molecule has 0 saturated heterocycles. The molecule has 0 aromatic carbocycles. The van der Waals surface area contributed by atoms with Gasteiger partial charge in [-0.25, -0.2) is 0 Å². The minimum atomic E-state index is 0.321. The topological polar surface area (TPSA) is 0 Å². The Morgan fingerprint density at radius 1 is 1.33 bits per heavy atom. The van der Waals surface area contributed by atoms with E-state index in [4.69, 9.17) is 11.6 Å². The lowest BCUT2D eigenvalue weighted by Gasteiger charge is -2.40. The zero-order chi connectivity index (χ0) is 11.5.